The zero-order chi connectivity index (χ0) is 24.7. The van der Waals surface area contributed by atoms with Gasteiger partial charge in [0.15, 0.2) is 0 Å². The predicted molar refractivity (Wildman–Crippen MR) is 114 cm³/mol. The van der Waals surface area contributed by atoms with Crippen molar-refractivity contribution in [1.82, 2.24) is 19.9 Å². The second kappa shape index (κ2) is 11.4. The van der Waals surface area contributed by atoms with Crippen molar-refractivity contribution in [2.45, 2.75) is 57.9 Å². The lowest BCUT2D eigenvalue weighted by molar-refractivity contribution is -0.389. The van der Waals surface area contributed by atoms with Crippen LogP contribution in [0.3, 0.4) is 0 Å². The van der Waals surface area contributed by atoms with E-state index in [-0.39, 0.29) is 50.5 Å². The maximum Gasteiger partial charge on any atom is 0.524 e. The van der Waals surface area contributed by atoms with Gasteiger partial charge in [-0.25, -0.2) is 4.98 Å². The third-order valence-corrected chi connectivity index (χ3v) is 5.15. The van der Waals surface area contributed by atoms with Gasteiger partial charge in [0.05, 0.1) is 6.04 Å². The van der Waals surface area contributed by atoms with Crippen molar-refractivity contribution in [2.75, 3.05) is 24.7 Å². The molecule has 2 aromatic rings. The van der Waals surface area contributed by atoms with Crippen LogP contribution in [0, 0.1) is 10.1 Å². The van der Waals surface area contributed by atoms with E-state index in [1.54, 1.807) is 29.8 Å². The molecular weight excluding hydrogens is 461 g/mol. The summed E-state index contributed by atoms with van der Waals surface area (Å²) in [6.07, 6.45) is -2.28. The molecule has 1 aliphatic rings. The van der Waals surface area contributed by atoms with Crippen LogP contribution in [-0.4, -0.2) is 63.0 Å². The van der Waals surface area contributed by atoms with E-state index in [4.69, 9.17) is 9.84 Å². The number of ether oxygens (including phenoxy) is 2. The van der Waals surface area contributed by atoms with Gasteiger partial charge >= 0.3 is 18.2 Å². The fourth-order valence-electron chi connectivity index (χ4n) is 3.59. The van der Waals surface area contributed by atoms with E-state index in [1.807, 2.05) is 0 Å². The van der Waals surface area contributed by atoms with Crippen molar-refractivity contribution in [2.24, 2.45) is 0 Å². The Labute approximate surface area is 193 Å². The molecule has 14 heteroatoms. The Hall–Kier alpha value is -2.97. The van der Waals surface area contributed by atoms with E-state index in [9.17, 15) is 23.3 Å². The molecule has 2 atom stereocenters. The number of aliphatic hydroxyl groups is 1. The Morgan fingerprint density at radius 2 is 2.26 bits per heavy atom. The van der Waals surface area contributed by atoms with Gasteiger partial charge in [-0.2, -0.15) is 0 Å². The van der Waals surface area contributed by atoms with Gasteiger partial charge in [0.2, 0.25) is 0 Å². The van der Waals surface area contributed by atoms with Gasteiger partial charge in [-0.3, -0.25) is 9.30 Å². The van der Waals surface area contributed by atoms with Gasteiger partial charge in [0.25, 0.3) is 0 Å². The first-order chi connectivity index (χ1) is 16.2. The Morgan fingerprint density at radius 1 is 1.47 bits per heavy atom. The Balaban J connectivity index is 1.63. The van der Waals surface area contributed by atoms with Crippen LogP contribution in [0.5, 0.6) is 6.01 Å². The summed E-state index contributed by atoms with van der Waals surface area (Å²) in [7, 11) is 0. The van der Waals surface area contributed by atoms with Gasteiger partial charge in [-0.15, -0.1) is 13.2 Å². The largest absolute Gasteiger partial charge is 0.524 e. The second-order valence-electron chi connectivity index (χ2n) is 7.78. The fraction of sp³-hybridized carbons (Fsp3) is 0.600. The Bertz CT molecular complexity index is 940. The smallest absolute Gasteiger partial charge is 0.444 e. The molecule has 0 aliphatic carbocycles. The van der Waals surface area contributed by atoms with Crippen LogP contribution in [0.1, 0.15) is 31.7 Å². The monoisotopic (exact) mass is 488 g/mol. The number of fused-ring (bicyclic) bond motifs is 1. The molecule has 0 radical (unpaired) electrons. The van der Waals surface area contributed by atoms with E-state index in [0.29, 0.717) is 25.3 Å². The molecule has 2 aromatic heterocycles. The summed E-state index contributed by atoms with van der Waals surface area (Å²) < 4.78 is 50.1. The van der Waals surface area contributed by atoms with Crippen LogP contribution < -0.4 is 15.0 Å². The van der Waals surface area contributed by atoms with Crippen molar-refractivity contribution in [3.05, 3.63) is 40.2 Å². The van der Waals surface area contributed by atoms with Gasteiger partial charge < -0.3 is 30.2 Å². The van der Waals surface area contributed by atoms with E-state index in [0.717, 1.165) is 5.56 Å². The van der Waals surface area contributed by atoms with E-state index in [2.05, 4.69) is 20.0 Å². The number of aliphatic hydroxyl groups excluding tert-OH is 1. The molecule has 0 fully saturated rings. The summed E-state index contributed by atoms with van der Waals surface area (Å²) in [6.45, 7) is 2.86. The molecule has 34 heavy (non-hydrogen) atoms. The second-order valence-corrected chi connectivity index (χ2v) is 7.78. The fourth-order valence-corrected chi connectivity index (χ4v) is 3.59. The van der Waals surface area contributed by atoms with Crippen molar-refractivity contribution in [3.8, 4) is 6.01 Å². The number of hydrogen-bond donors (Lipinski definition) is 2. The highest BCUT2D eigenvalue weighted by Crippen LogP contribution is 2.26. The number of hydrogen-bond acceptors (Lipinski definition) is 9. The number of pyridine rings is 1. The van der Waals surface area contributed by atoms with Crippen LogP contribution >= 0.6 is 0 Å². The number of halogens is 3. The topological polar surface area (TPSA) is 128 Å². The molecule has 3 rings (SSSR count). The van der Waals surface area contributed by atoms with Crippen molar-refractivity contribution >= 4 is 11.6 Å². The first-order valence-corrected chi connectivity index (χ1v) is 10.8. The van der Waals surface area contributed by atoms with Crippen LogP contribution in [0.15, 0.2) is 24.5 Å². The summed E-state index contributed by atoms with van der Waals surface area (Å²) in [5, 5.41) is 23.3. The molecule has 0 saturated heterocycles. The maximum absolute atomic E-state index is 12.9. The number of rotatable bonds is 12. The average Bonchev–Trinajstić information content (AvgIpc) is 3.22. The van der Waals surface area contributed by atoms with E-state index < -0.39 is 17.5 Å². The molecule has 0 aromatic carbocycles. The third kappa shape index (κ3) is 7.01. The number of aromatic nitrogens is 3. The number of imidazole rings is 1. The standard InChI is InChI=1S/C20H27F3N6O5/c1-2-4-18(34-20(21,22)23)28(7-3-8-30)16-6-5-14(10-25-16)9-24-15-11-27-12-17(29(31)32)26-19(27)33-13-15/h5-6,10,12,15,18,24,30H,2-4,7-9,11,13H2,1H3/t15-,18?/m0/s1. The van der Waals surface area contributed by atoms with Crippen molar-refractivity contribution < 1.29 is 32.7 Å². The van der Waals surface area contributed by atoms with E-state index >= 15 is 0 Å². The molecule has 2 N–H and O–H groups in total. The minimum atomic E-state index is -4.79. The first kappa shape index (κ1) is 25.6. The number of nitrogens with one attached hydrogen (secondary N) is 1. The minimum Gasteiger partial charge on any atom is -0.444 e. The Morgan fingerprint density at radius 3 is 2.88 bits per heavy atom. The molecular formula is C20H27F3N6O5. The maximum atomic E-state index is 12.9. The molecule has 3 heterocycles. The van der Waals surface area contributed by atoms with Gasteiger partial charge in [-0.05, 0) is 29.4 Å². The molecule has 0 amide bonds. The quantitative estimate of drug-likeness (QED) is 0.263. The zero-order valence-electron chi connectivity index (χ0n) is 18.6. The SMILES string of the molecule is CCCC(OC(F)(F)F)N(CCCO)c1ccc(CN[C@@H]2COc3nc([N+](=O)[O-])cn3C2)cn1. The van der Waals surface area contributed by atoms with Crippen LogP contribution in [0.25, 0.3) is 0 Å². The normalized spacial score (nSPS) is 16.6. The number of nitrogens with zero attached hydrogens (tertiary/aromatic N) is 5. The molecule has 188 valence electrons. The summed E-state index contributed by atoms with van der Waals surface area (Å²) in [5.74, 6) is 0.0355. The summed E-state index contributed by atoms with van der Waals surface area (Å²) in [4.78, 5) is 19.8. The lowest BCUT2D eigenvalue weighted by Gasteiger charge is -2.33. The highest BCUT2D eigenvalue weighted by molar-refractivity contribution is 5.40. The lowest BCUT2D eigenvalue weighted by atomic mass is 10.2. The number of anilines is 1. The van der Waals surface area contributed by atoms with E-state index in [1.165, 1.54) is 11.1 Å². The predicted octanol–water partition coefficient (Wildman–Crippen LogP) is 2.59. The summed E-state index contributed by atoms with van der Waals surface area (Å²) in [5.41, 5.74) is 0.789. The van der Waals surface area contributed by atoms with Crippen LogP contribution in [0.4, 0.5) is 24.8 Å². The molecule has 0 saturated carbocycles. The van der Waals surface area contributed by atoms with Gasteiger partial charge in [0.1, 0.15) is 24.8 Å². The number of alkyl halides is 3. The van der Waals surface area contributed by atoms with Crippen LogP contribution in [0.2, 0.25) is 0 Å². The molecule has 1 aliphatic heterocycles. The van der Waals surface area contributed by atoms with Gasteiger partial charge in [-0.1, -0.05) is 19.4 Å². The van der Waals surface area contributed by atoms with Crippen LogP contribution in [-0.2, 0) is 17.8 Å². The third-order valence-electron chi connectivity index (χ3n) is 5.15. The highest BCUT2D eigenvalue weighted by Gasteiger charge is 2.36. The minimum absolute atomic E-state index is 0.129. The lowest BCUT2D eigenvalue weighted by Crippen LogP contribution is -2.42. The highest BCUT2D eigenvalue weighted by atomic mass is 19.4. The molecule has 0 spiro atoms. The van der Waals surface area contributed by atoms with Crippen molar-refractivity contribution in [1.29, 1.82) is 0 Å². The first-order valence-electron chi connectivity index (χ1n) is 10.8. The molecule has 11 nitrogen and oxygen atoms in total. The Kier molecular flexibility index (Phi) is 8.63. The van der Waals surface area contributed by atoms with Crippen molar-refractivity contribution in [3.63, 3.8) is 0 Å². The molecule has 0 bridgehead atoms. The summed E-state index contributed by atoms with van der Waals surface area (Å²) in [6, 6.07) is 3.43. The molecule has 1 unspecified atom stereocenters. The number of nitro groups is 1. The summed E-state index contributed by atoms with van der Waals surface area (Å²) >= 11 is 0. The van der Waals surface area contributed by atoms with Gasteiger partial charge in [0, 0.05) is 37.4 Å². The average molecular weight is 488 g/mol. The zero-order valence-corrected chi connectivity index (χ0v) is 18.6.